The number of hydrogen-bond donors (Lipinski definition) is 1. The van der Waals surface area contributed by atoms with Gasteiger partial charge in [-0.3, -0.25) is 9.36 Å². The van der Waals surface area contributed by atoms with Gasteiger partial charge < -0.3 is 19.3 Å². The number of hydrogen-bond acceptors (Lipinski definition) is 7. The summed E-state index contributed by atoms with van der Waals surface area (Å²) >= 11 is 0. The van der Waals surface area contributed by atoms with E-state index in [1.54, 1.807) is 4.57 Å². The van der Waals surface area contributed by atoms with E-state index in [-0.39, 0.29) is 18.3 Å². The molecule has 2 saturated heterocycles. The van der Waals surface area contributed by atoms with Crippen molar-refractivity contribution in [3.63, 3.8) is 0 Å². The molecule has 0 bridgehead atoms. The van der Waals surface area contributed by atoms with E-state index in [0.29, 0.717) is 5.78 Å². The van der Waals surface area contributed by atoms with Gasteiger partial charge in [-0.25, -0.2) is 4.52 Å². The smallest absolute Gasteiger partial charge is 0.274 e. The molecule has 0 aliphatic carbocycles. The van der Waals surface area contributed by atoms with Crippen LogP contribution < -0.4 is 5.56 Å². The van der Waals surface area contributed by atoms with Crippen LogP contribution >= 0.6 is 0 Å². The molecule has 118 valence electrons. The van der Waals surface area contributed by atoms with E-state index in [0.717, 1.165) is 0 Å². The Morgan fingerprint density at radius 3 is 2.91 bits per heavy atom. The predicted molar refractivity (Wildman–Crippen MR) is 72.1 cm³/mol. The molecule has 9 heteroatoms. The van der Waals surface area contributed by atoms with Gasteiger partial charge in [-0.05, 0) is 13.8 Å². The summed E-state index contributed by atoms with van der Waals surface area (Å²) in [6, 6.07) is 1.33. The first kappa shape index (κ1) is 13.8. The molecular weight excluding hydrogens is 292 g/mol. The van der Waals surface area contributed by atoms with E-state index in [9.17, 15) is 9.90 Å². The molecule has 2 aromatic rings. The first-order valence-electron chi connectivity index (χ1n) is 7.03. The number of aliphatic hydroxyl groups excluding tert-OH is 1. The average Bonchev–Trinajstić information content (AvgIpc) is 3.09. The van der Waals surface area contributed by atoms with Crippen LogP contribution in [0.3, 0.4) is 0 Å². The molecule has 0 spiro atoms. The van der Waals surface area contributed by atoms with E-state index in [1.165, 1.54) is 23.1 Å². The first-order chi connectivity index (χ1) is 10.5. The molecule has 4 rings (SSSR count). The molecule has 4 atom stereocenters. The van der Waals surface area contributed by atoms with E-state index >= 15 is 0 Å². The topological polar surface area (TPSA) is 100 Å². The van der Waals surface area contributed by atoms with Crippen LogP contribution in [0.2, 0.25) is 0 Å². The van der Waals surface area contributed by atoms with Crippen molar-refractivity contribution < 1.29 is 19.3 Å². The molecular formula is C13H16N4O5. The largest absolute Gasteiger partial charge is 0.394 e. The maximum absolute atomic E-state index is 11.5. The second-order valence-corrected chi connectivity index (χ2v) is 5.86. The molecule has 22 heavy (non-hydrogen) atoms. The Balaban J connectivity index is 1.78. The Kier molecular flexibility index (Phi) is 2.89. The van der Waals surface area contributed by atoms with Crippen molar-refractivity contribution in [3.05, 3.63) is 28.9 Å². The van der Waals surface area contributed by atoms with Crippen molar-refractivity contribution in [1.82, 2.24) is 19.2 Å². The van der Waals surface area contributed by atoms with Gasteiger partial charge >= 0.3 is 0 Å². The zero-order valence-electron chi connectivity index (χ0n) is 12.1. The fraction of sp³-hybridized carbons (Fsp3) is 0.615. The van der Waals surface area contributed by atoms with E-state index in [4.69, 9.17) is 14.2 Å². The lowest BCUT2D eigenvalue weighted by Gasteiger charge is -2.23. The second kappa shape index (κ2) is 4.59. The zero-order chi connectivity index (χ0) is 15.5. The Morgan fingerprint density at radius 1 is 1.36 bits per heavy atom. The summed E-state index contributed by atoms with van der Waals surface area (Å²) in [7, 11) is 0. The molecule has 2 aliphatic rings. The zero-order valence-corrected chi connectivity index (χ0v) is 12.1. The molecule has 0 aromatic carbocycles. The summed E-state index contributed by atoms with van der Waals surface area (Å²) in [5.41, 5.74) is -0.362. The van der Waals surface area contributed by atoms with Gasteiger partial charge in [0.15, 0.2) is 12.0 Å². The first-order valence-corrected chi connectivity index (χ1v) is 7.03. The van der Waals surface area contributed by atoms with Crippen LogP contribution in [0.25, 0.3) is 5.78 Å². The highest BCUT2D eigenvalue weighted by Gasteiger charge is 2.56. The van der Waals surface area contributed by atoms with Gasteiger partial charge in [0.25, 0.3) is 5.56 Å². The van der Waals surface area contributed by atoms with Gasteiger partial charge in [0.2, 0.25) is 5.78 Å². The van der Waals surface area contributed by atoms with Crippen molar-refractivity contribution in [2.75, 3.05) is 6.61 Å². The fourth-order valence-corrected chi connectivity index (χ4v) is 3.03. The van der Waals surface area contributed by atoms with Crippen molar-refractivity contribution >= 4 is 5.78 Å². The Bertz CT molecular complexity index is 769. The minimum absolute atomic E-state index is 0.183. The number of fused-ring (bicyclic) bond motifs is 2. The summed E-state index contributed by atoms with van der Waals surface area (Å²) in [6.45, 7) is 3.44. The Hall–Kier alpha value is -1.81. The molecule has 0 saturated carbocycles. The van der Waals surface area contributed by atoms with Gasteiger partial charge in [-0.2, -0.15) is 10.1 Å². The van der Waals surface area contributed by atoms with Crippen LogP contribution in [0.15, 0.2) is 23.4 Å². The molecule has 9 nitrogen and oxygen atoms in total. The highest BCUT2D eigenvalue weighted by molar-refractivity contribution is 5.27. The Morgan fingerprint density at radius 2 is 2.14 bits per heavy atom. The quantitative estimate of drug-likeness (QED) is 0.783. The van der Waals surface area contributed by atoms with Crippen molar-refractivity contribution in [2.45, 2.75) is 44.2 Å². The summed E-state index contributed by atoms with van der Waals surface area (Å²) in [5.74, 6) is -0.408. The standard InChI is InChI=1S/C13H16N4O5/c1-13(2)21-9-7(5-18)20-11(10(9)22-13)16-6-14-17-4-3-8(19)15-12(16)17/h3-4,6-7,9-11,18H,5H2,1-2H3. The van der Waals surface area contributed by atoms with E-state index in [1.807, 2.05) is 13.8 Å². The SMILES string of the molecule is CC1(C)OC2C(CO)OC(n3cnn4ccc(=O)nc34)C2O1. The molecule has 4 unspecified atom stereocenters. The summed E-state index contributed by atoms with van der Waals surface area (Å²) in [5, 5.41) is 13.6. The van der Waals surface area contributed by atoms with E-state index < -0.39 is 24.2 Å². The highest BCUT2D eigenvalue weighted by Crippen LogP contribution is 2.43. The predicted octanol–water partition coefficient (Wildman–Crippen LogP) is -0.699. The van der Waals surface area contributed by atoms with Crippen molar-refractivity contribution in [2.24, 2.45) is 0 Å². The molecule has 1 N–H and O–H groups in total. The second-order valence-electron chi connectivity index (χ2n) is 5.86. The van der Waals surface area contributed by atoms with Crippen molar-refractivity contribution in [3.8, 4) is 0 Å². The van der Waals surface area contributed by atoms with Crippen LogP contribution in [0.4, 0.5) is 0 Å². The third-order valence-corrected chi connectivity index (χ3v) is 3.88. The van der Waals surface area contributed by atoms with E-state index in [2.05, 4.69) is 10.1 Å². The highest BCUT2D eigenvalue weighted by atomic mass is 16.8. The lowest BCUT2D eigenvalue weighted by molar-refractivity contribution is -0.199. The number of aromatic nitrogens is 4. The molecule has 0 amide bonds. The van der Waals surface area contributed by atoms with Gasteiger partial charge in [0.1, 0.15) is 24.6 Å². The normalized spacial score (nSPS) is 33.4. The van der Waals surface area contributed by atoms with Crippen LogP contribution in [0.5, 0.6) is 0 Å². The summed E-state index contributed by atoms with van der Waals surface area (Å²) in [6.07, 6.45) is 1.18. The third-order valence-electron chi connectivity index (χ3n) is 3.88. The third kappa shape index (κ3) is 1.97. The van der Waals surface area contributed by atoms with Gasteiger partial charge in [-0.15, -0.1) is 0 Å². The lowest BCUT2D eigenvalue weighted by Crippen LogP contribution is -2.31. The number of ether oxygens (including phenoxy) is 3. The fourth-order valence-electron chi connectivity index (χ4n) is 3.03. The number of aliphatic hydroxyl groups is 1. The summed E-state index contributed by atoms with van der Waals surface area (Å²) < 4.78 is 20.6. The van der Waals surface area contributed by atoms with Crippen molar-refractivity contribution in [1.29, 1.82) is 0 Å². The van der Waals surface area contributed by atoms with Gasteiger partial charge in [-0.1, -0.05) is 0 Å². The number of rotatable bonds is 2. The van der Waals surface area contributed by atoms with Gasteiger partial charge in [0.05, 0.1) is 6.61 Å². The van der Waals surface area contributed by atoms with Crippen LogP contribution in [-0.4, -0.2) is 55.0 Å². The van der Waals surface area contributed by atoms with Crippen LogP contribution in [0.1, 0.15) is 20.1 Å². The maximum atomic E-state index is 11.5. The minimum Gasteiger partial charge on any atom is -0.394 e. The Labute approximate surface area is 125 Å². The molecule has 2 aromatic heterocycles. The minimum atomic E-state index is -0.758. The molecule has 2 fully saturated rings. The maximum Gasteiger partial charge on any atom is 0.274 e. The molecule has 0 radical (unpaired) electrons. The van der Waals surface area contributed by atoms with Crippen LogP contribution in [0, 0.1) is 0 Å². The van der Waals surface area contributed by atoms with Gasteiger partial charge in [0, 0.05) is 12.3 Å². The average molecular weight is 308 g/mol. The monoisotopic (exact) mass is 308 g/mol. The van der Waals surface area contributed by atoms with Crippen LogP contribution in [-0.2, 0) is 14.2 Å². The lowest BCUT2D eigenvalue weighted by atomic mass is 10.1. The summed E-state index contributed by atoms with van der Waals surface area (Å²) in [4.78, 5) is 15.4. The molecule has 4 heterocycles. The molecule has 2 aliphatic heterocycles. The number of nitrogens with zero attached hydrogens (tertiary/aromatic N) is 4.